The minimum absolute atomic E-state index is 0.0497. The molecule has 0 aliphatic rings. The fourth-order valence-corrected chi connectivity index (χ4v) is 2.09. The Morgan fingerprint density at radius 3 is 2.40 bits per heavy atom. The zero-order valence-electron chi connectivity index (χ0n) is 9.45. The smallest absolute Gasteiger partial charge is 0.334 e. The van der Waals surface area contributed by atoms with Gasteiger partial charge in [0.2, 0.25) is 0 Å². The highest BCUT2D eigenvalue weighted by Gasteiger charge is 2.23. The molecule has 0 bridgehead atoms. The molecular formula is C10H18O4S. The molecule has 0 heterocycles. The van der Waals surface area contributed by atoms with E-state index in [1.54, 1.807) is 0 Å². The molecule has 4 nitrogen and oxygen atoms in total. The lowest BCUT2D eigenvalue weighted by atomic mass is 10.4. The summed E-state index contributed by atoms with van der Waals surface area (Å²) in [6.07, 6.45) is 1.37. The van der Waals surface area contributed by atoms with Gasteiger partial charge in [0.05, 0.1) is 5.75 Å². The first-order chi connectivity index (χ1) is 6.81. The Morgan fingerprint density at radius 1 is 1.47 bits per heavy atom. The lowest BCUT2D eigenvalue weighted by Crippen LogP contribution is -2.26. The van der Waals surface area contributed by atoms with Crippen molar-refractivity contribution in [3.63, 3.8) is 0 Å². The number of carbonyl (C=O) groups excluding carboxylic acids is 1. The molecule has 0 N–H and O–H groups in total. The Morgan fingerprint density at radius 2 is 2.00 bits per heavy atom. The van der Waals surface area contributed by atoms with Gasteiger partial charge in [-0.05, 0) is 20.3 Å². The maximum absolute atomic E-state index is 11.5. The van der Waals surface area contributed by atoms with Crippen LogP contribution in [0.5, 0.6) is 0 Å². The number of rotatable bonds is 6. The third kappa shape index (κ3) is 4.97. The normalized spacial score (nSPS) is 13.3. The molecule has 0 spiro atoms. The Balaban J connectivity index is 4.38. The van der Waals surface area contributed by atoms with E-state index in [1.807, 2.05) is 6.92 Å². The van der Waals surface area contributed by atoms with Crippen LogP contribution in [0.2, 0.25) is 0 Å². The van der Waals surface area contributed by atoms with Crippen molar-refractivity contribution in [1.29, 1.82) is 0 Å². The van der Waals surface area contributed by atoms with Gasteiger partial charge in [-0.1, -0.05) is 19.9 Å². The van der Waals surface area contributed by atoms with Gasteiger partial charge >= 0.3 is 5.97 Å². The standard InChI is InChI=1S/C10H18O4S/c1-5-6-7-15(12,13)9(4)14-10(11)8(2)3/h9H,2,5-7H2,1,3-4H3. The summed E-state index contributed by atoms with van der Waals surface area (Å²) in [5.41, 5.74) is -0.888. The van der Waals surface area contributed by atoms with Crippen molar-refractivity contribution in [2.45, 2.75) is 39.0 Å². The van der Waals surface area contributed by atoms with Crippen LogP contribution in [-0.2, 0) is 19.4 Å². The summed E-state index contributed by atoms with van der Waals surface area (Å²) in [7, 11) is -3.34. The first kappa shape index (κ1) is 14.2. The first-order valence-electron chi connectivity index (χ1n) is 4.89. The van der Waals surface area contributed by atoms with Crippen molar-refractivity contribution in [3.05, 3.63) is 12.2 Å². The van der Waals surface area contributed by atoms with E-state index in [-0.39, 0.29) is 11.3 Å². The van der Waals surface area contributed by atoms with E-state index in [2.05, 4.69) is 6.58 Å². The number of esters is 1. The van der Waals surface area contributed by atoms with Crippen LogP contribution < -0.4 is 0 Å². The summed E-state index contributed by atoms with van der Waals surface area (Å²) in [4.78, 5) is 11.1. The molecule has 0 amide bonds. The number of sulfone groups is 1. The Bertz CT molecular complexity index is 329. The summed E-state index contributed by atoms with van der Waals surface area (Å²) in [6, 6.07) is 0. The van der Waals surface area contributed by atoms with Crippen LogP contribution in [0.4, 0.5) is 0 Å². The molecule has 0 rings (SSSR count). The fraction of sp³-hybridized carbons (Fsp3) is 0.700. The topological polar surface area (TPSA) is 60.4 Å². The molecule has 0 aromatic carbocycles. The van der Waals surface area contributed by atoms with Gasteiger partial charge in [-0.3, -0.25) is 0 Å². The van der Waals surface area contributed by atoms with Crippen LogP contribution in [0.1, 0.15) is 33.6 Å². The molecule has 0 aromatic rings. The average Bonchev–Trinajstić information content (AvgIpc) is 2.14. The molecule has 0 aromatic heterocycles. The van der Waals surface area contributed by atoms with Gasteiger partial charge < -0.3 is 4.74 Å². The molecule has 15 heavy (non-hydrogen) atoms. The molecule has 0 fully saturated rings. The van der Waals surface area contributed by atoms with Gasteiger partial charge in [0.15, 0.2) is 15.3 Å². The summed E-state index contributed by atoms with van der Waals surface area (Å²) in [5.74, 6) is -0.615. The minimum atomic E-state index is -3.34. The number of hydrogen-bond acceptors (Lipinski definition) is 4. The zero-order chi connectivity index (χ0) is 12.1. The molecule has 1 atom stereocenters. The fourth-order valence-electron chi connectivity index (χ4n) is 0.836. The molecule has 0 aliphatic heterocycles. The van der Waals surface area contributed by atoms with E-state index in [0.29, 0.717) is 6.42 Å². The zero-order valence-corrected chi connectivity index (χ0v) is 10.3. The van der Waals surface area contributed by atoms with Crippen LogP contribution in [0.15, 0.2) is 12.2 Å². The number of hydrogen-bond donors (Lipinski definition) is 0. The molecule has 5 heteroatoms. The molecule has 0 radical (unpaired) electrons. The maximum Gasteiger partial charge on any atom is 0.334 e. The lowest BCUT2D eigenvalue weighted by molar-refractivity contribution is -0.140. The van der Waals surface area contributed by atoms with Crippen molar-refractivity contribution >= 4 is 15.8 Å². The van der Waals surface area contributed by atoms with Gasteiger partial charge in [0, 0.05) is 5.57 Å². The molecule has 1 unspecified atom stereocenters. The maximum atomic E-state index is 11.5. The minimum Gasteiger partial charge on any atom is -0.443 e. The number of carbonyl (C=O) groups is 1. The van der Waals surface area contributed by atoms with Gasteiger partial charge in [-0.2, -0.15) is 0 Å². The molecular weight excluding hydrogens is 216 g/mol. The highest BCUT2D eigenvalue weighted by atomic mass is 32.2. The van der Waals surface area contributed by atoms with E-state index in [9.17, 15) is 13.2 Å². The van der Waals surface area contributed by atoms with Crippen LogP contribution in [-0.4, -0.2) is 25.6 Å². The van der Waals surface area contributed by atoms with E-state index in [0.717, 1.165) is 6.42 Å². The number of ether oxygens (including phenoxy) is 1. The SMILES string of the molecule is C=C(C)C(=O)OC(C)S(=O)(=O)CCCC. The van der Waals surface area contributed by atoms with Gasteiger partial charge in [-0.25, -0.2) is 13.2 Å². The van der Waals surface area contributed by atoms with E-state index < -0.39 is 21.2 Å². The Kier molecular flexibility index (Phi) is 5.57. The second kappa shape index (κ2) is 5.90. The molecule has 88 valence electrons. The average molecular weight is 234 g/mol. The Labute approximate surface area is 91.2 Å². The van der Waals surface area contributed by atoms with Crippen molar-refractivity contribution in [1.82, 2.24) is 0 Å². The van der Waals surface area contributed by atoms with Gasteiger partial charge in [-0.15, -0.1) is 0 Å². The third-order valence-electron chi connectivity index (χ3n) is 1.91. The summed E-state index contributed by atoms with van der Waals surface area (Å²) in [5, 5.41) is 0. The highest BCUT2D eigenvalue weighted by Crippen LogP contribution is 2.08. The van der Waals surface area contributed by atoms with Crippen molar-refractivity contribution in [2.24, 2.45) is 0 Å². The largest absolute Gasteiger partial charge is 0.443 e. The molecule has 0 saturated heterocycles. The molecule has 0 saturated carbocycles. The predicted molar refractivity (Wildman–Crippen MR) is 59.1 cm³/mol. The van der Waals surface area contributed by atoms with E-state index >= 15 is 0 Å². The second-order valence-electron chi connectivity index (χ2n) is 3.47. The van der Waals surface area contributed by atoms with Crippen LogP contribution in [0.3, 0.4) is 0 Å². The monoisotopic (exact) mass is 234 g/mol. The third-order valence-corrected chi connectivity index (χ3v) is 3.87. The molecule has 0 aliphatic carbocycles. The summed E-state index contributed by atoms with van der Waals surface area (Å²) in [6.45, 7) is 8.13. The van der Waals surface area contributed by atoms with Gasteiger partial charge in [0.1, 0.15) is 0 Å². The first-order valence-corrected chi connectivity index (χ1v) is 6.61. The number of unbranched alkanes of at least 4 members (excludes halogenated alkanes) is 1. The highest BCUT2D eigenvalue weighted by molar-refractivity contribution is 7.91. The van der Waals surface area contributed by atoms with E-state index in [4.69, 9.17) is 4.74 Å². The predicted octanol–water partition coefficient (Wildman–Crippen LogP) is 1.67. The van der Waals surface area contributed by atoms with Crippen molar-refractivity contribution in [3.8, 4) is 0 Å². The van der Waals surface area contributed by atoms with Crippen molar-refractivity contribution in [2.75, 3.05) is 5.75 Å². The van der Waals surface area contributed by atoms with Crippen LogP contribution >= 0.6 is 0 Å². The van der Waals surface area contributed by atoms with Crippen LogP contribution in [0.25, 0.3) is 0 Å². The van der Waals surface area contributed by atoms with Crippen LogP contribution in [0, 0.1) is 0 Å². The lowest BCUT2D eigenvalue weighted by Gasteiger charge is -2.13. The van der Waals surface area contributed by atoms with Gasteiger partial charge in [0.25, 0.3) is 0 Å². The summed E-state index contributed by atoms with van der Waals surface area (Å²) >= 11 is 0. The second-order valence-corrected chi connectivity index (χ2v) is 5.87. The van der Waals surface area contributed by atoms with Crippen molar-refractivity contribution < 1.29 is 17.9 Å². The quantitative estimate of drug-likeness (QED) is 0.518. The van der Waals surface area contributed by atoms with E-state index in [1.165, 1.54) is 13.8 Å². The Hall–Kier alpha value is -0.840. The summed E-state index contributed by atoms with van der Waals surface area (Å²) < 4.78 is 27.8.